The van der Waals surface area contributed by atoms with Crippen LogP contribution in [-0.2, 0) is 4.79 Å². The van der Waals surface area contributed by atoms with E-state index >= 15 is 0 Å². The monoisotopic (exact) mass is 360 g/mol. The van der Waals surface area contributed by atoms with Crippen molar-refractivity contribution < 1.29 is 4.79 Å². The van der Waals surface area contributed by atoms with Crippen molar-refractivity contribution >= 4 is 60.1 Å². The molecule has 6 heteroatoms. The minimum atomic E-state index is -0.0368. The summed E-state index contributed by atoms with van der Waals surface area (Å²) in [7, 11) is 0. The number of amides is 1. The van der Waals surface area contributed by atoms with E-state index in [-0.39, 0.29) is 5.91 Å². The lowest BCUT2D eigenvalue weighted by molar-refractivity contribution is -0.116. The molecule has 0 aliphatic carbocycles. The van der Waals surface area contributed by atoms with Crippen LogP contribution in [0, 0.1) is 13.8 Å². The lowest BCUT2D eigenvalue weighted by Crippen LogP contribution is -2.10. The van der Waals surface area contributed by atoms with Gasteiger partial charge in [-0.3, -0.25) is 4.79 Å². The number of nitrogens with zero attached hydrogens (tertiary/aromatic N) is 1. The highest BCUT2D eigenvalue weighted by molar-refractivity contribution is 9.10. The van der Waals surface area contributed by atoms with E-state index in [4.69, 9.17) is 11.6 Å². The number of thiazole rings is 1. The molecule has 0 fully saturated rings. The maximum Gasteiger partial charge on any atom is 0.226 e. The number of aryl methyl sites for hydroxylation is 2. The zero-order chi connectivity index (χ0) is 14.0. The fourth-order valence-corrected chi connectivity index (χ4v) is 3.70. The molecule has 0 aliphatic rings. The molecule has 1 aromatic heterocycles. The summed E-state index contributed by atoms with van der Waals surface area (Å²) in [5, 5.41) is 3.47. The molecule has 0 spiro atoms. The van der Waals surface area contributed by atoms with Gasteiger partial charge < -0.3 is 5.32 Å². The molecule has 0 bridgehead atoms. The second-order valence-electron chi connectivity index (χ2n) is 4.34. The number of benzene rings is 1. The van der Waals surface area contributed by atoms with Crippen molar-refractivity contribution in [2.24, 2.45) is 0 Å². The van der Waals surface area contributed by atoms with Crippen molar-refractivity contribution in [2.45, 2.75) is 26.7 Å². The molecule has 1 aromatic carbocycles. The third-order valence-corrected chi connectivity index (χ3v) is 4.87. The molecule has 2 rings (SSSR count). The van der Waals surface area contributed by atoms with Gasteiger partial charge in [-0.2, -0.15) is 0 Å². The molecule has 2 aromatic rings. The minimum Gasteiger partial charge on any atom is -0.302 e. The Morgan fingerprint density at radius 2 is 2.26 bits per heavy atom. The maximum absolute atomic E-state index is 11.7. The average molecular weight is 362 g/mol. The second kappa shape index (κ2) is 6.20. The van der Waals surface area contributed by atoms with Crippen LogP contribution >= 0.6 is 38.9 Å². The first-order valence-electron chi connectivity index (χ1n) is 5.95. The smallest absolute Gasteiger partial charge is 0.226 e. The summed E-state index contributed by atoms with van der Waals surface area (Å²) in [4.78, 5) is 16.1. The van der Waals surface area contributed by atoms with Gasteiger partial charge in [0.15, 0.2) is 5.13 Å². The third kappa shape index (κ3) is 3.27. The average Bonchev–Trinajstić information content (AvgIpc) is 2.78. The Kier molecular flexibility index (Phi) is 4.81. The van der Waals surface area contributed by atoms with Gasteiger partial charge in [0.25, 0.3) is 0 Å². The standard InChI is InChI=1S/C13H14BrClN2OS/c1-7-6-9(14)11-12(8(7)2)19-13(17-11)16-10(18)4-3-5-15/h6H,3-5H2,1-2H3,(H,16,17,18). The number of halogens is 2. The van der Waals surface area contributed by atoms with E-state index in [1.54, 1.807) is 0 Å². The number of alkyl halides is 1. The molecule has 0 radical (unpaired) electrons. The number of hydrogen-bond acceptors (Lipinski definition) is 3. The van der Waals surface area contributed by atoms with Crippen LogP contribution in [-0.4, -0.2) is 16.8 Å². The molecule has 1 amide bonds. The highest BCUT2D eigenvalue weighted by atomic mass is 79.9. The topological polar surface area (TPSA) is 42.0 Å². The van der Waals surface area contributed by atoms with Gasteiger partial charge in [0, 0.05) is 16.8 Å². The van der Waals surface area contributed by atoms with Crippen LogP contribution in [0.5, 0.6) is 0 Å². The van der Waals surface area contributed by atoms with Crippen LogP contribution < -0.4 is 5.32 Å². The summed E-state index contributed by atoms with van der Waals surface area (Å²) in [6, 6.07) is 2.05. The number of rotatable bonds is 4. The predicted molar refractivity (Wildman–Crippen MR) is 85.4 cm³/mol. The molecule has 102 valence electrons. The molecule has 0 aliphatic heterocycles. The summed E-state index contributed by atoms with van der Waals surface area (Å²) < 4.78 is 2.07. The van der Waals surface area contributed by atoms with E-state index in [1.807, 2.05) is 0 Å². The highest BCUT2D eigenvalue weighted by Crippen LogP contribution is 2.35. The largest absolute Gasteiger partial charge is 0.302 e. The van der Waals surface area contributed by atoms with E-state index < -0.39 is 0 Å². The lowest BCUT2D eigenvalue weighted by atomic mass is 10.1. The molecular formula is C13H14BrClN2OS. The maximum atomic E-state index is 11.7. The zero-order valence-electron chi connectivity index (χ0n) is 10.7. The van der Waals surface area contributed by atoms with Crippen LogP contribution in [0.25, 0.3) is 10.2 Å². The number of hydrogen-bond donors (Lipinski definition) is 1. The van der Waals surface area contributed by atoms with Crippen LogP contribution in [0.4, 0.5) is 5.13 Å². The van der Waals surface area contributed by atoms with Crippen LogP contribution in [0.2, 0.25) is 0 Å². The Labute approximate surface area is 129 Å². The number of nitrogens with one attached hydrogen (secondary N) is 1. The van der Waals surface area contributed by atoms with Crippen molar-refractivity contribution in [3.8, 4) is 0 Å². The summed E-state index contributed by atoms with van der Waals surface area (Å²) in [6.45, 7) is 4.14. The highest BCUT2D eigenvalue weighted by Gasteiger charge is 2.13. The van der Waals surface area contributed by atoms with Gasteiger partial charge in [-0.1, -0.05) is 11.3 Å². The number of anilines is 1. The third-order valence-electron chi connectivity index (χ3n) is 2.91. The first-order valence-corrected chi connectivity index (χ1v) is 8.09. The first-order chi connectivity index (χ1) is 9.02. The summed E-state index contributed by atoms with van der Waals surface area (Å²) in [5.41, 5.74) is 3.32. The van der Waals surface area contributed by atoms with Crippen LogP contribution in [0.3, 0.4) is 0 Å². The van der Waals surface area contributed by atoms with Crippen LogP contribution in [0.15, 0.2) is 10.5 Å². The van der Waals surface area contributed by atoms with Gasteiger partial charge in [0.2, 0.25) is 5.91 Å². The Balaban J connectivity index is 2.29. The normalized spacial score (nSPS) is 10.9. The molecule has 3 nitrogen and oxygen atoms in total. The summed E-state index contributed by atoms with van der Waals surface area (Å²) in [5.74, 6) is 0.460. The van der Waals surface area contributed by atoms with E-state index in [1.165, 1.54) is 22.5 Å². The van der Waals surface area contributed by atoms with Crippen molar-refractivity contribution in [3.05, 3.63) is 21.7 Å². The SMILES string of the molecule is Cc1cc(Br)c2nc(NC(=O)CCCCl)sc2c1C. The van der Waals surface area contributed by atoms with E-state index in [0.717, 1.165) is 14.7 Å². The predicted octanol–water partition coefficient (Wildman–Crippen LogP) is 4.63. The van der Waals surface area contributed by atoms with Crippen molar-refractivity contribution in [3.63, 3.8) is 0 Å². The second-order valence-corrected chi connectivity index (χ2v) is 6.57. The Morgan fingerprint density at radius 1 is 1.53 bits per heavy atom. The van der Waals surface area contributed by atoms with Gasteiger partial charge in [-0.05, 0) is 53.4 Å². The van der Waals surface area contributed by atoms with Crippen LogP contribution in [0.1, 0.15) is 24.0 Å². The molecular weight excluding hydrogens is 348 g/mol. The van der Waals surface area contributed by atoms with Gasteiger partial charge in [0.1, 0.15) is 0 Å². The van der Waals surface area contributed by atoms with Crippen molar-refractivity contribution in [1.29, 1.82) is 0 Å². The fraction of sp³-hybridized carbons (Fsp3) is 0.385. The molecule has 0 saturated heterocycles. The molecule has 1 N–H and O–H groups in total. The fourth-order valence-electron chi connectivity index (χ4n) is 1.74. The molecule has 19 heavy (non-hydrogen) atoms. The first kappa shape index (κ1) is 14.8. The Hall–Kier alpha value is -0.650. The van der Waals surface area contributed by atoms with E-state index in [0.29, 0.717) is 23.9 Å². The number of carbonyl (C=O) groups is 1. The molecule has 0 atom stereocenters. The van der Waals surface area contributed by atoms with Gasteiger partial charge in [0.05, 0.1) is 10.2 Å². The van der Waals surface area contributed by atoms with E-state index in [2.05, 4.69) is 46.1 Å². The zero-order valence-corrected chi connectivity index (χ0v) is 13.9. The van der Waals surface area contributed by atoms with Gasteiger partial charge in [-0.25, -0.2) is 4.98 Å². The molecule has 0 unspecified atom stereocenters. The van der Waals surface area contributed by atoms with E-state index in [9.17, 15) is 4.79 Å². The molecule has 0 saturated carbocycles. The van der Waals surface area contributed by atoms with Crippen molar-refractivity contribution in [1.82, 2.24) is 4.98 Å². The number of aromatic nitrogens is 1. The minimum absolute atomic E-state index is 0.0368. The quantitative estimate of drug-likeness (QED) is 0.806. The van der Waals surface area contributed by atoms with Gasteiger partial charge in [-0.15, -0.1) is 11.6 Å². The molecule has 1 heterocycles. The Bertz CT molecular complexity index is 627. The Morgan fingerprint density at radius 3 is 2.95 bits per heavy atom. The van der Waals surface area contributed by atoms with Gasteiger partial charge >= 0.3 is 0 Å². The summed E-state index contributed by atoms with van der Waals surface area (Å²) >= 11 is 10.6. The summed E-state index contributed by atoms with van der Waals surface area (Å²) in [6.07, 6.45) is 1.11. The number of carbonyl (C=O) groups excluding carboxylic acids is 1. The number of fused-ring (bicyclic) bond motifs is 1. The lowest BCUT2D eigenvalue weighted by Gasteiger charge is -2.01. The van der Waals surface area contributed by atoms with Crippen molar-refractivity contribution in [2.75, 3.05) is 11.2 Å².